The van der Waals surface area contributed by atoms with Crippen LogP contribution in [0.3, 0.4) is 0 Å². The highest BCUT2D eigenvalue weighted by Crippen LogP contribution is 2.48. The average Bonchev–Trinajstić information content (AvgIpc) is 3.36. The Labute approximate surface area is 152 Å². The van der Waals surface area contributed by atoms with E-state index >= 15 is 0 Å². The third-order valence-electron chi connectivity index (χ3n) is 4.00. The van der Waals surface area contributed by atoms with Gasteiger partial charge >= 0.3 is 6.36 Å². The first-order chi connectivity index (χ1) is 12.7. The van der Waals surface area contributed by atoms with Crippen LogP contribution < -0.4 is 15.4 Å². The lowest BCUT2D eigenvalue weighted by Crippen LogP contribution is -2.17. The molecule has 0 bridgehead atoms. The summed E-state index contributed by atoms with van der Waals surface area (Å²) in [6, 6.07) is 8.72. The molecule has 1 saturated carbocycles. The first-order valence-electron chi connectivity index (χ1n) is 8.11. The smallest absolute Gasteiger partial charge is 0.406 e. The van der Waals surface area contributed by atoms with E-state index in [4.69, 9.17) is 0 Å². The molecule has 2 N–H and O–H groups in total. The number of ether oxygens (including phenoxy) is 1. The number of carbonyl (C=O) groups excluding carboxylic acids is 2. The summed E-state index contributed by atoms with van der Waals surface area (Å²) in [5.41, 5.74) is 1.30. The second-order valence-electron chi connectivity index (χ2n) is 6.17. The van der Waals surface area contributed by atoms with Crippen molar-refractivity contribution in [3.05, 3.63) is 48.2 Å². The van der Waals surface area contributed by atoms with Gasteiger partial charge in [-0.3, -0.25) is 9.59 Å². The fourth-order valence-electron chi connectivity index (χ4n) is 2.73. The van der Waals surface area contributed by atoms with Crippen LogP contribution in [-0.4, -0.2) is 23.2 Å². The van der Waals surface area contributed by atoms with Crippen LogP contribution >= 0.6 is 0 Å². The SMILES string of the molecule is CC(=O)Nc1ccc(NC(=O)[C@@H]2C[C@H]2c2ccc(OC(F)(F)F)cc2)nc1. The minimum atomic E-state index is -4.73. The molecule has 0 aliphatic heterocycles. The number of hydrogen-bond acceptors (Lipinski definition) is 4. The maximum atomic E-state index is 12.3. The number of nitrogens with zero attached hydrogens (tertiary/aromatic N) is 1. The summed E-state index contributed by atoms with van der Waals surface area (Å²) in [4.78, 5) is 27.3. The number of halogens is 3. The normalized spacial score (nSPS) is 18.5. The molecule has 1 aliphatic rings. The topological polar surface area (TPSA) is 80.3 Å². The molecule has 9 heteroatoms. The van der Waals surface area contributed by atoms with E-state index in [0.717, 1.165) is 5.56 Å². The fraction of sp³-hybridized carbons (Fsp3) is 0.278. The van der Waals surface area contributed by atoms with E-state index in [1.54, 1.807) is 12.1 Å². The Morgan fingerprint density at radius 2 is 1.81 bits per heavy atom. The van der Waals surface area contributed by atoms with E-state index in [9.17, 15) is 22.8 Å². The molecule has 2 amide bonds. The van der Waals surface area contributed by atoms with Gasteiger partial charge in [-0.15, -0.1) is 13.2 Å². The minimum absolute atomic E-state index is 0.0522. The van der Waals surface area contributed by atoms with Crippen molar-refractivity contribution in [1.82, 2.24) is 4.98 Å². The Bertz CT molecular complexity index is 836. The summed E-state index contributed by atoms with van der Waals surface area (Å²) in [6.45, 7) is 1.38. The monoisotopic (exact) mass is 379 g/mol. The number of pyridine rings is 1. The van der Waals surface area contributed by atoms with Crippen molar-refractivity contribution in [2.75, 3.05) is 10.6 Å². The van der Waals surface area contributed by atoms with Gasteiger partial charge in [-0.1, -0.05) is 12.1 Å². The van der Waals surface area contributed by atoms with Crippen molar-refractivity contribution < 1.29 is 27.5 Å². The first kappa shape index (κ1) is 18.7. The van der Waals surface area contributed by atoms with Crippen LogP contribution in [-0.2, 0) is 9.59 Å². The molecule has 3 rings (SSSR count). The van der Waals surface area contributed by atoms with Crippen LogP contribution in [0.1, 0.15) is 24.8 Å². The predicted molar refractivity (Wildman–Crippen MR) is 91.1 cm³/mol. The molecule has 2 atom stereocenters. The number of benzene rings is 1. The molecule has 1 heterocycles. The molecule has 1 aliphatic carbocycles. The number of hydrogen-bond donors (Lipinski definition) is 2. The summed E-state index contributed by atoms with van der Waals surface area (Å²) in [5, 5.41) is 5.26. The van der Waals surface area contributed by atoms with Gasteiger partial charge in [0.2, 0.25) is 11.8 Å². The van der Waals surface area contributed by atoms with Gasteiger partial charge in [-0.25, -0.2) is 4.98 Å². The Kier molecular flexibility index (Phi) is 5.02. The number of carbonyl (C=O) groups is 2. The summed E-state index contributed by atoms with van der Waals surface area (Å²) in [7, 11) is 0. The van der Waals surface area contributed by atoms with E-state index in [0.29, 0.717) is 17.9 Å². The highest BCUT2D eigenvalue weighted by Gasteiger charge is 2.44. The Morgan fingerprint density at radius 1 is 1.11 bits per heavy atom. The zero-order valence-electron chi connectivity index (χ0n) is 14.2. The first-order valence-corrected chi connectivity index (χ1v) is 8.11. The molecular formula is C18H16F3N3O3. The molecule has 1 fully saturated rings. The van der Waals surface area contributed by atoms with Crippen LogP contribution in [0, 0.1) is 5.92 Å². The Morgan fingerprint density at radius 3 is 2.37 bits per heavy atom. The van der Waals surface area contributed by atoms with E-state index < -0.39 is 6.36 Å². The van der Waals surface area contributed by atoms with Crippen LogP contribution in [0.15, 0.2) is 42.6 Å². The molecule has 0 unspecified atom stereocenters. The second kappa shape index (κ2) is 7.26. The van der Waals surface area contributed by atoms with Crippen molar-refractivity contribution in [2.24, 2.45) is 5.92 Å². The lowest BCUT2D eigenvalue weighted by molar-refractivity contribution is -0.274. The third kappa shape index (κ3) is 5.19. The molecule has 1 aromatic carbocycles. The zero-order chi connectivity index (χ0) is 19.6. The van der Waals surface area contributed by atoms with Gasteiger partial charge in [0.15, 0.2) is 0 Å². The van der Waals surface area contributed by atoms with Crippen LogP contribution in [0.4, 0.5) is 24.7 Å². The highest BCUT2D eigenvalue weighted by atomic mass is 19.4. The van der Waals surface area contributed by atoms with E-state index in [1.807, 2.05) is 0 Å². The minimum Gasteiger partial charge on any atom is -0.406 e. The largest absolute Gasteiger partial charge is 0.573 e. The third-order valence-corrected chi connectivity index (χ3v) is 4.00. The second-order valence-corrected chi connectivity index (χ2v) is 6.17. The van der Waals surface area contributed by atoms with Crippen LogP contribution in [0.25, 0.3) is 0 Å². The number of rotatable bonds is 5. The van der Waals surface area contributed by atoms with Gasteiger partial charge in [0, 0.05) is 12.8 Å². The summed E-state index contributed by atoms with van der Waals surface area (Å²) in [6.07, 6.45) is -2.69. The van der Waals surface area contributed by atoms with Crippen LogP contribution in [0.2, 0.25) is 0 Å². The molecule has 2 aromatic rings. The van der Waals surface area contributed by atoms with E-state index in [1.165, 1.54) is 37.4 Å². The molecular weight excluding hydrogens is 363 g/mol. The lowest BCUT2D eigenvalue weighted by atomic mass is 10.1. The number of amides is 2. The molecule has 27 heavy (non-hydrogen) atoms. The molecule has 0 radical (unpaired) electrons. The van der Waals surface area contributed by atoms with Gasteiger partial charge in [-0.2, -0.15) is 0 Å². The molecule has 6 nitrogen and oxygen atoms in total. The maximum absolute atomic E-state index is 12.3. The van der Waals surface area contributed by atoms with Crippen molar-refractivity contribution in [1.29, 1.82) is 0 Å². The van der Waals surface area contributed by atoms with Gasteiger partial charge in [-0.05, 0) is 42.2 Å². The van der Waals surface area contributed by atoms with Crippen molar-refractivity contribution in [3.63, 3.8) is 0 Å². The Hall–Kier alpha value is -3.10. The predicted octanol–water partition coefficient (Wildman–Crippen LogP) is 3.68. The van der Waals surface area contributed by atoms with E-state index in [2.05, 4.69) is 20.4 Å². The molecule has 142 valence electrons. The lowest BCUT2D eigenvalue weighted by Gasteiger charge is -2.09. The summed E-state index contributed by atoms with van der Waals surface area (Å²) in [5.74, 6) is -0.693. The quantitative estimate of drug-likeness (QED) is 0.831. The molecule has 0 saturated heterocycles. The zero-order valence-corrected chi connectivity index (χ0v) is 14.2. The van der Waals surface area contributed by atoms with E-state index in [-0.39, 0.29) is 29.4 Å². The number of alkyl halides is 3. The molecule has 0 spiro atoms. The standard InChI is InChI=1S/C18H16F3N3O3/c1-10(25)23-12-4-7-16(22-9-12)24-17(26)15-8-14(15)11-2-5-13(6-3-11)27-18(19,20)21/h2-7,9,14-15H,8H2,1H3,(H,23,25)(H,22,24,26)/t14-,15+/m0/s1. The Balaban J connectivity index is 1.55. The number of aromatic nitrogens is 1. The number of nitrogens with one attached hydrogen (secondary N) is 2. The fourth-order valence-corrected chi connectivity index (χ4v) is 2.73. The van der Waals surface area contributed by atoms with Crippen molar-refractivity contribution >= 4 is 23.3 Å². The van der Waals surface area contributed by atoms with Gasteiger partial charge in [0.05, 0.1) is 11.9 Å². The number of anilines is 2. The van der Waals surface area contributed by atoms with Crippen molar-refractivity contribution in [3.8, 4) is 5.75 Å². The van der Waals surface area contributed by atoms with Gasteiger partial charge in [0.1, 0.15) is 11.6 Å². The summed E-state index contributed by atoms with van der Waals surface area (Å²) >= 11 is 0. The highest BCUT2D eigenvalue weighted by molar-refractivity contribution is 5.94. The summed E-state index contributed by atoms with van der Waals surface area (Å²) < 4.78 is 40.3. The van der Waals surface area contributed by atoms with Gasteiger partial charge < -0.3 is 15.4 Å². The van der Waals surface area contributed by atoms with Crippen molar-refractivity contribution in [2.45, 2.75) is 25.6 Å². The van der Waals surface area contributed by atoms with Gasteiger partial charge in [0.25, 0.3) is 0 Å². The molecule has 1 aromatic heterocycles. The van der Waals surface area contributed by atoms with Crippen LogP contribution in [0.5, 0.6) is 5.75 Å². The average molecular weight is 379 g/mol. The maximum Gasteiger partial charge on any atom is 0.573 e.